The van der Waals surface area contributed by atoms with Gasteiger partial charge in [0.25, 0.3) is 0 Å². The van der Waals surface area contributed by atoms with E-state index in [2.05, 4.69) is 90.1 Å². The number of pyridine rings is 1. The molecule has 43 heavy (non-hydrogen) atoms. The Morgan fingerprint density at radius 3 is 2.42 bits per heavy atom. The predicted molar refractivity (Wildman–Crippen MR) is 175 cm³/mol. The van der Waals surface area contributed by atoms with Crippen LogP contribution < -0.4 is 5.43 Å². The highest BCUT2D eigenvalue weighted by molar-refractivity contribution is 6.17. The van der Waals surface area contributed by atoms with Crippen LogP contribution in [-0.2, 0) is 5.41 Å². The van der Waals surface area contributed by atoms with Crippen molar-refractivity contribution in [2.75, 3.05) is 0 Å². The molecule has 0 N–H and O–H groups in total. The van der Waals surface area contributed by atoms with Crippen molar-refractivity contribution in [3.8, 4) is 27.9 Å². The molecule has 0 unspecified atom stereocenters. The second-order valence-corrected chi connectivity index (χ2v) is 12.0. The number of aromatic nitrogens is 2. The van der Waals surface area contributed by atoms with Gasteiger partial charge in [-0.05, 0) is 81.9 Å². The zero-order valence-corrected chi connectivity index (χ0v) is 23.8. The summed E-state index contributed by atoms with van der Waals surface area (Å²) < 4.78 is 8.51. The molecule has 0 spiro atoms. The zero-order valence-electron chi connectivity index (χ0n) is 23.8. The molecule has 204 valence electrons. The van der Waals surface area contributed by atoms with E-state index in [4.69, 9.17) is 4.42 Å². The molecule has 0 bridgehead atoms. The summed E-state index contributed by atoms with van der Waals surface area (Å²) >= 11 is 0. The Balaban J connectivity index is 1.28. The minimum absolute atomic E-state index is 0.00721. The Labute approximate surface area is 247 Å². The van der Waals surface area contributed by atoms with Crippen molar-refractivity contribution >= 4 is 43.7 Å². The lowest BCUT2D eigenvalue weighted by Crippen LogP contribution is -2.14. The molecule has 4 heteroatoms. The third-order valence-electron chi connectivity index (χ3n) is 9.29. The first-order chi connectivity index (χ1) is 21.0. The maximum Gasteiger partial charge on any atom is 0.200 e. The molecule has 0 aliphatic heterocycles. The molecule has 1 aliphatic carbocycles. The van der Waals surface area contributed by atoms with Gasteiger partial charge in [-0.15, -0.1) is 0 Å². The molecule has 1 aliphatic rings. The average molecular weight is 555 g/mol. The summed E-state index contributed by atoms with van der Waals surface area (Å²) in [5.74, 6) is 0. The van der Waals surface area contributed by atoms with Crippen molar-refractivity contribution in [1.82, 2.24) is 9.55 Å². The van der Waals surface area contributed by atoms with E-state index in [0.717, 1.165) is 27.8 Å². The molecular formula is C39H26N2O2. The molecule has 0 fully saturated rings. The van der Waals surface area contributed by atoms with Crippen molar-refractivity contribution in [3.05, 3.63) is 143 Å². The summed E-state index contributed by atoms with van der Waals surface area (Å²) in [7, 11) is 0. The van der Waals surface area contributed by atoms with Crippen LogP contribution in [0.25, 0.3) is 71.7 Å². The first-order valence-corrected chi connectivity index (χ1v) is 14.6. The van der Waals surface area contributed by atoms with E-state index in [1.165, 1.54) is 33.0 Å². The molecule has 0 radical (unpaired) electrons. The quantitative estimate of drug-likeness (QED) is 0.200. The van der Waals surface area contributed by atoms with Crippen LogP contribution in [0, 0.1) is 0 Å². The number of fused-ring (bicyclic) bond motifs is 9. The third-order valence-corrected chi connectivity index (χ3v) is 9.29. The molecule has 3 heterocycles. The fourth-order valence-corrected chi connectivity index (χ4v) is 7.23. The van der Waals surface area contributed by atoms with Crippen LogP contribution >= 0.6 is 0 Å². The number of hydrogen-bond donors (Lipinski definition) is 0. The molecule has 5 aromatic carbocycles. The van der Waals surface area contributed by atoms with Crippen LogP contribution in [-0.4, -0.2) is 9.55 Å². The summed E-state index contributed by atoms with van der Waals surface area (Å²) in [6, 6.07) is 37.3. The van der Waals surface area contributed by atoms with E-state index < -0.39 is 0 Å². The van der Waals surface area contributed by atoms with E-state index in [-0.39, 0.29) is 10.8 Å². The minimum atomic E-state index is -0.0715. The minimum Gasteiger partial charge on any atom is -0.456 e. The van der Waals surface area contributed by atoms with E-state index in [1.54, 1.807) is 0 Å². The number of para-hydroxylation sites is 1. The lowest BCUT2D eigenvalue weighted by Gasteiger charge is -2.21. The van der Waals surface area contributed by atoms with Gasteiger partial charge in [0.15, 0.2) is 0 Å². The van der Waals surface area contributed by atoms with E-state index >= 15 is 0 Å². The normalized spacial score (nSPS) is 13.6. The summed E-state index contributed by atoms with van der Waals surface area (Å²) in [4.78, 5) is 17.7. The number of hydrogen-bond acceptors (Lipinski definition) is 3. The van der Waals surface area contributed by atoms with Crippen molar-refractivity contribution in [3.63, 3.8) is 0 Å². The van der Waals surface area contributed by atoms with Gasteiger partial charge in [-0.25, -0.2) is 0 Å². The van der Waals surface area contributed by atoms with Crippen molar-refractivity contribution < 1.29 is 4.42 Å². The maximum absolute atomic E-state index is 13.1. The number of rotatable bonds is 2. The third kappa shape index (κ3) is 3.26. The van der Waals surface area contributed by atoms with Gasteiger partial charge in [0, 0.05) is 28.1 Å². The monoisotopic (exact) mass is 554 g/mol. The maximum atomic E-state index is 13.1. The smallest absolute Gasteiger partial charge is 0.200 e. The summed E-state index contributed by atoms with van der Waals surface area (Å²) in [6.07, 6.45) is 3.86. The van der Waals surface area contributed by atoms with Gasteiger partial charge in [0.2, 0.25) is 5.43 Å². The molecule has 3 aromatic heterocycles. The number of benzene rings is 5. The topological polar surface area (TPSA) is 48.0 Å². The lowest BCUT2D eigenvalue weighted by atomic mass is 9.82. The van der Waals surface area contributed by atoms with Gasteiger partial charge in [0.05, 0.1) is 28.0 Å². The zero-order chi connectivity index (χ0) is 28.9. The summed E-state index contributed by atoms with van der Waals surface area (Å²) in [6.45, 7) is 4.64. The fraction of sp³-hybridized carbons (Fsp3) is 0.0769. The Morgan fingerprint density at radius 2 is 1.49 bits per heavy atom. The highest BCUT2D eigenvalue weighted by atomic mass is 16.3. The van der Waals surface area contributed by atoms with E-state index in [1.807, 2.05) is 54.9 Å². The standard InChI is InChI=1S/C39H26N2O2/c1-39(2)30-12-5-3-10-26(30)36-31(39)16-17-32-37(36)27-18-19-40-22-33(27)41(32)25-9-7-8-23(20-25)24-14-15-29-35(21-24)43-34-13-6-4-11-28(34)38(29)42/h3-22H,1-2H3. The molecule has 0 atom stereocenters. The van der Waals surface area contributed by atoms with Crippen molar-refractivity contribution in [1.29, 1.82) is 0 Å². The van der Waals surface area contributed by atoms with Crippen LogP contribution in [0.2, 0.25) is 0 Å². The Kier molecular flexibility index (Phi) is 4.79. The van der Waals surface area contributed by atoms with Gasteiger partial charge >= 0.3 is 0 Å². The molecular weight excluding hydrogens is 528 g/mol. The van der Waals surface area contributed by atoms with Gasteiger partial charge in [-0.2, -0.15) is 0 Å². The Hall–Kier alpha value is -5.48. The Bertz CT molecular complexity index is 2510. The van der Waals surface area contributed by atoms with Gasteiger partial charge in [-0.3, -0.25) is 9.78 Å². The van der Waals surface area contributed by atoms with Gasteiger partial charge in [0.1, 0.15) is 11.2 Å². The average Bonchev–Trinajstić information content (AvgIpc) is 3.50. The molecule has 8 aromatic rings. The molecule has 4 nitrogen and oxygen atoms in total. The summed E-state index contributed by atoms with van der Waals surface area (Å²) in [5.41, 5.74) is 11.8. The van der Waals surface area contributed by atoms with Crippen molar-refractivity contribution in [2.45, 2.75) is 19.3 Å². The van der Waals surface area contributed by atoms with Gasteiger partial charge < -0.3 is 8.98 Å². The largest absolute Gasteiger partial charge is 0.456 e. The molecule has 0 amide bonds. The Morgan fingerprint density at radius 1 is 0.674 bits per heavy atom. The number of nitrogens with zero attached hydrogens (tertiary/aromatic N) is 2. The highest BCUT2D eigenvalue weighted by Gasteiger charge is 2.37. The summed E-state index contributed by atoms with van der Waals surface area (Å²) in [5, 5.41) is 3.64. The van der Waals surface area contributed by atoms with Gasteiger partial charge in [-0.1, -0.05) is 74.5 Å². The second-order valence-electron chi connectivity index (χ2n) is 12.0. The first kappa shape index (κ1) is 24.2. The van der Waals surface area contributed by atoms with Crippen LogP contribution in [0.3, 0.4) is 0 Å². The molecule has 9 rings (SSSR count). The lowest BCUT2D eigenvalue weighted by molar-refractivity contribution is 0.660. The SMILES string of the molecule is CC1(C)c2ccccc2-c2c1ccc1c2c2ccncc2n1-c1cccc(-c2ccc3c(=O)c4ccccc4oc3c2)c1. The van der Waals surface area contributed by atoms with E-state index in [0.29, 0.717) is 21.9 Å². The molecule has 0 saturated carbocycles. The van der Waals surface area contributed by atoms with E-state index in [9.17, 15) is 4.79 Å². The first-order valence-electron chi connectivity index (χ1n) is 14.6. The van der Waals surface area contributed by atoms with Crippen LogP contribution in [0.5, 0.6) is 0 Å². The van der Waals surface area contributed by atoms with Crippen LogP contribution in [0.4, 0.5) is 0 Å². The van der Waals surface area contributed by atoms with Crippen molar-refractivity contribution in [2.24, 2.45) is 0 Å². The van der Waals surface area contributed by atoms with Crippen LogP contribution in [0.1, 0.15) is 25.0 Å². The molecule has 0 saturated heterocycles. The fourth-order valence-electron chi connectivity index (χ4n) is 7.23. The predicted octanol–water partition coefficient (Wildman–Crippen LogP) is 9.41. The van der Waals surface area contributed by atoms with Crippen LogP contribution in [0.15, 0.2) is 131 Å². The second kappa shape index (κ2) is 8.52. The highest BCUT2D eigenvalue weighted by Crippen LogP contribution is 2.53.